The molecule has 3 nitrogen and oxygen atoms in total. The van der Waals surface area contributed by atoms with Crippen molar-refractivity contribution in [3.8, 4) is 11.5 Å². The number of thioether (sulfide) groups is 2. The number of aryl methyl sites for hydroxylation is 1. The van der Waals surface area contributed by atoms with Crippen molar-refractivity contribution in [1.29, 1.82) is 0 Å². The van der Waals surface area contributed by atoms with E-state index in [1.54, 1.807) is 7.11 Å². The van der Waals surface area contributed by atoms with Crippen LogP contribution in [0.3, 0.4) is 0 Å². The van der Waals surface area contributed by atoms with Gasteiger partial charge < -0.3 is 9.47 Å². The Bertz CT molecular complexity index is 738. The van der Waals surface area contributed by atoms with E-state index in [1.807, 2.05) is 41.7 Å². The van der Waals surface area contributed by atoms with Crippen LogP contribution in [0.5, 0.6) is 11.5 Å². The highest BCUT2D eigenvalue weighted by atomic mass is 32.2. The summed E-state index contributed by atoms with van der Waals surface area (Å²) in [4.78, 5) is 2.40. The Hall–Kier alpha value is -1.30. The summed E-state index contributed by atoms with van der Waals surface area (Å²) in [5.41, 5.74) is 7.63. The molecule has 0 amide bonds. The second-order valence-electron chi connectivity index (χ2n) is 6.91. The number of rotatable bonds is 6. The third-order valence-electron chi connectivity index (χ3n) is 4.58. The summed E-state index contributed by atoms with van der Waals surface area (Å²) in [6.45, 7) is 4.41. The quantitative estimate of drug-likeness (QED) is 0.687. The van der Waals surface area contributed by atoms with Gasteiger partial charge >= 0.3 is 0 Å². The van der Waals surface area contributed by atoms with Crippen LogP contribution in [0.25, 0.3) is 0 Å². The van der Waals surface area contributed by atoms with Crippen LogP contribution in [-0.2, 0) is 0 Å². The molecule has 5 heteroatoms. The highest BCUT2D eigenvalue weighted by molar-refractivity contribution is 7.99. The average Bonchev–Trinajstić information content (AvgIpc) is 2.79. The van der Waals surface area contributed by atoms with Crippen LogP contribution in [0, 0.1) is 18.8 Å². The summed E-state index contributed by atoms with van der Waals surface area (Å²) in [7, 11) is 1.72. The van der Waals surface area contributed by atoms with Crippen LogP contribution in [0.1, 0.15) is 18.9 Å². The average molecular weight is 390 g/mol. The minimum absolute atomic E-state index is 0.245. The van der Waals surface area contributed by atoms with E-state index in [-0.39, 0.29) is 6.23 Å². The zero-order valence-electron chi connectivity index (χ0n) is 15.6. The fraction of sp³-hybridized carbons (Fsp3) is 0.429. The van der Waals surface area contributed by atoms with Crippen molar-refractivity contribution in [3.63, 3.8) is 0 Å². The fourth-order valence-corrected chi connectivity index (χ4v) is 5.43. The second-order valence-corrected chi connectivity index (χ2v) is 9.03. The maximum absolute atomic E-state index is 6.37. The lowest BCUT2D eigenvalue weighted by molar-refractivity contribution is 0.138. The van der Waals surface area contributed by atoms with Crippen molar-refractivity contribution in [2.24, 2.45) is 17.6 Å². The molecule has 0 saturated carbocycles. The topological polar surface area (TPSA) is 44.5 Å². The van der Waals surface area contributed by atoms with E-state index >= 15 is 0 Å². The van der Waals surface area contributed by atoms with E-state index in [9.17, 15) is 0 Å². The molecule has 0 aliphatic carbocycles. The lowest BCUT2D eigenvalue weighted by Gasteiger charge is -2.24. The van der Waals surface area contributed by atoms with Crippen LogP contribution < -0.4 is 15.2 Å². The third kappa shape index (κ3) is 4.90. The molecule has 0 fully saturated rings. The number of ether oxygens (including phenoxy) is 2. The summed E-state index contributed by atoms with van der Waals surface area (Å²) in [5, 5.41) is 0. The molecular formula is C21H27NO2S2. The Balaban J connectivity index is 1.57. The molecule has 0 spiro atoms. The van der Waals surface area contributed by atoms with Gasteiger partial charge in [0.1, 0.15) is 11.5 Å². The van der Waals surface area contributed by atoms with Crippen LogP contribution in [0.4, 0.5) is 0 Å². The molecule has 0 bridgehead atoms. The van der Waals surface area contributed by atoms with Crippen molar-refractivity contribution in [1.82, 2.24) is 0 Å². The van der Waals surface area contributed by atoms with E-state index < -0.39 is 0 Å². The Morgan fingerprint density at radius 2 is 2.12 bits per heavy atom. The van der Waals surface area contributed by atoms with Crippen molar-refractivity contribution in [2.45, 2.75) is 36.3 Å². The molecule has 2 aromatic carbocycles. The predicted molar refractivity (Wildman–Crippen MR) is 111 cm³/mol. The summed E-state index contributed by atoms with van der Waals surface area (Å²) in [5.74, 6) is 4.81. The molecule has 140 valence electrons. The van der Waals surface area contributed by atoms with Gasteiger partial charge in [-0.05, 0) is 49.1 Å². The number of nitrogens with two attached hydrogens (primary N) is 1. The largest absolute Gasteiger partial charge is 0.496 e. The Morgan fingerprint density at radius 1 is 1.31 bits per heavy atom. The van der Waals surface area contributed by atoms with Gasteiger partial charge in [0.2, 0.25) is 0 Å². The van der Waals surface area contributed by atoms with Crippen LogP contribution in [0.15, 0.2) is 52.3 Å². The van der Waals surface area contributed by atoms with E-state index in [0.29, 0.717) is 11.8 Å². The number of para-hydroxylation sites is 1. The molecule has 3 rings (SSSR count). The molecule has 1 heterocycles. The van der Waals surface area contributed by atoms with Crippen molar-refractivity contribution in [2.75, 3.05) is 18.6 Å². The van der Waals surface area contributed by atoms with Gasteiger partial charge in [-0.25, -0.2) is 0 Å². The van der Waals surface area contributed by atoms with E-state index in [1.165, 1.54) is 15.4 Å². The molecule has 26 heavy (non-hydrogen) atoms. The van der Waals surface area contributed by atoms with E-state index in [4.69, 9.17) is 15.2 Å². The summed E-state index contributed by atoms with van der Waals surface area (Å²) in [6.07, 6.45) is 0.814. The minimum atomic E-state index is -0.245. The van der Waals surface area contributed by atoms with Crippen LogP contribution in [-0.4, -0.2) is 24.8 Å². The number of fused-ring (bicyclic) bond motifs is 1. The van der Waals surface area contributed by atoms with Gasteiger partial charge in [0.25, 0.3) is 0 Å². The van der Waals surface area contributed by atoms with Crippen LogP contribution in [0.2, 0.25) is 0 Å². The fourth-order valence-electron chi connectivity index (χ4n) is 3.12. The number of hydrogen-bond donors (Lipinski definition) is 1. The van der Waals surface area contributed by atoms with Gasteiger partial charge in [-0.1, -0.05) is 25.1 Å². The number of hydrogen-bond acceptors (Lipinski definition) is 5. The Kier molecular flexibility index (Phi) is 6.79. The first-order chi connectivity index (χ1) is 12.6. The standard InChI is InChI=1S/C21H27NO2S2/c1-14-8-9-18-20(11-14)26-13-16(21(22)24-18)10-15(2)12-25-19-7-5-4-6-17(19)23-3/h4-9,11,15-16,21H,10,12-13,22H2,1-3H3. The first-order valence-electron chi connectivity index (χ1n) is 8.98. The third-order valence-corrected chi connectivity index (χ3v) is 7.19. The summed E-state index contributed by atoms with van der Waals surface area (Å²) >= 11 is 3.72. The molecule has 3 atom stereocenters. The van der Waals surface area contributed by atoms with Gasteiger partial charge in [0.05, 0.1) is 7.11 Å². The van der Waals surface area contributed by atoms with Gasteiger partial charge in [-0.3, -0.25) is 5.73 Å². The zero-order chi connectivity index (χ0) is 18.5. The van der Waals surface area contributed by atoms with Crippen molar-refractivity contribution < 1.29 is 9.47 Å². The highest BCUT2D eigenvalue weighted by Gasteiger charge is 2.26. The van der Waals surface area contributed by atoms with Gasteiger partial charge in [-0.15, -0.1) is 23.5 Å². The monoisotopic (exact) mass is 389 g/mol. The summed E-state index contributed by atoms with van der Waals surface area (Å²) in [6, 6.07) is 14.5. The smallest absolute Gasteiger partial charge is 0.151 e. The molecule has 2 N–H and O–H groups in total. The van der Waals surface area contributed by atoms with Crippen molar-refractivity contribution >= 4 is 23.5 Å². The molecule has 2 aromatic rings. The normalized spacial score (nSPS) is 20.6. The predicted octanol–water partition coefficient (Wildman–Crippen LogP) is 5.21. The molecule has 0 radical (unpaired) electrons. The maximum atomic E-state index is 6.37. The molecule has 0 saturated heterocycles. The number of benzene rings is 2. The van der Waals surface area contributed by atoms with Crippen molar-refractivity contribution in [3.05, 3.63) is 48.0 Å². The SMILES string of the molecule is COc1ccccc1SCC(C)CC1CSc2cc(C)ccc2OC1N. The van der Waals surface area contributed by atoms with Gasteiger partial charge in [0, 0.05) is 27.2 Å². The molecule has 3 unspecified atom stereocenters. The van der Waals surface area contributed by atoms with Gasteiger partial charge in [-0.2, -0.15) is 0 Å². The molecular weight excluding hydrogens is 362 g/mol. The maximum Gasteiger partial charge on any atom is 0.151 e. The lowest BCUT2D eigenvalue weighted by Crippen LogP contribution is -2.37. The molecule has 1 aliphatic rings. The first-order valence-corrected chi connectivity index (χ1v) is 11.0. The lowest BCUT2D eigenvalue weighted by atomic mass is 9.97. The number of methoxy groups -OCH3 is 1. The van der Waals surface area contributed by atoms with Gasteiger partial charge in [0.15, 0.2) is 6.23 Å². The minimum Gasteiger partial charge on any atom is -0.496 e. The Morgan fingerprint density at radius 3 is 2.92 bits per heavy atom. The zero-order valence-corrected chi connectivity index (χ0v) is 17.2. The molecule has 0 aromatic heterocycles. The first kappa shape index (κ1) is 19.5. The second kappa shape index (κ2) is 9.07. The van der Waals surface area contributed by atoms with E-state index in [0.717, 1.165) is 29.4 Å². The van der Waals surface area contributed by atoms with E-state index in [2.05, 4.69) is 38.1 Å². The highest BCUT2D eigenvalue weighted by Crippen LogP contribution is 2.38. The van der Waals surface area contributed by atoms with Crippen LogP contribution >= 0.6 is 23.5 Å². The summed E-state index contributed by atoms with van der Waals surface area (Å²) < 4.78 is 11.5. The molecule has 1 aliphatic heterocycles. The Labute approximate surface area is 165 Å².